The molecule has 1 N–H and O–H groups in total. The Morgan fingerprint density at radius 2 is 2.00 bits per heavy atom. The molecule has 1 heterocycles. The van der Waals surface area contributed by atoms with Gasteiger partial charge in [-0.3, -0.25) is 9.59 Å². The van der Waals surface area contributed by atoms with Crippen LogP contribution >= 0.6 is 0 Å². The van der Waals surface area contributed by atoms with Crippen molar-refractivity contribution in [3.05, 3.63) is 0 Å². The van der Waals surface area contributed by atoms with Gasteiger partial charge in [0.2, 0.25) is 5.91 Å². The van der Waals surface area contributed by atoms with Crippen molar-refractivity contribution in [1.82, 2.24) is 4.90 Å². The lowest BCUT2D eigenvalue weighted by Gasteiger charge is -2.30. The maximum Gasteiger partial charge on any atom is 0.416 e. The van der Waals surface area contributed by atoms with E-state index < -0.39 is 23.5 Å². The molecule has 0 saturated carbocycles. The molecular formula is C15H25NO5. The van der Waals surface area contributed by atoms with Gasteiger partial charge in [0.15, 0.2) is 0 Å². The third kappa shape index (κ3) is 3.61. The number of ether oxygens (including phenoxy) is 1. The molecule has 1 fully saturated rings. The molecule has 1 rings (SSSR count). The van der Waals surface area contributed by atoms with Gasteiger partial charge in [-0.05, 0) is 5.92 Å². The molecule has 6 heteroatoms. The van der Waals surface area contributed by atoms with Crippen LogP contribution in [-0.4, -0.2) is 46.5 Å². The Kier molecular flexibility index (Phi) is 5.50. The maximum atomic E-state index is 12.3. The molecule has 1 aliphatic heterocycles. The van der Waals surface area contributed by atoms with Crippen molar-refractivity contribution in [2.24, 2.45) is 11.3 Å². The van der Waals surface area contributed by atoms with Gasteiger partial charge < -0.3 is 9.84 Å². The highest BCUT2D eigenvalue weighted by atomic mass is 16.6. The SMILES string of the molecule is CCC(=O)C(C)(C)[C@@H](O)CC(=O)N1C(=O)OC[C@H]1C(C)C. The average Bonchev–Trinajstić information content (AvgIpc) is 2.79. The minimum atomic E-state index is -1.13. The summed E-state index contributed by atoms with van der Waals surface area (Å²) in [6.45, 7) is 8.90. The van der Waals surface area contributed by atoms with Crippen LogP contribution in [0.3, 0.4) is 0 Å². The van der Waals surface area contributed by atoms with E-state index in [4.69, 9.17) is 4.74 Å². The molecule has 6 nitrogen and oxygen atoms in total. The van der Waals surface area contributed by atoms with Gasteiger partial charge in [0.25, 0.3) is 0 Å². The van der Waals surface area contributed by atoms with Crippen LogP contribution in [0.5, 0.6) is 0 Å². The summed E-state index contributed by atoms with van der Waals surface area (Å²) in [4.78, 5) is 36.9. The van der Waals surface area contributed by atoms with E-state index >= 15 is 0 Å². The van der Waals surface area contributed by atoms with Crippen LogP contribution in [-0.2, 0) is 14.3 Å². The lowest BCUT2D eigenvalue weighted by atomic mass is 9.79. The van der Waals surface area contributed by atoms with E-state index in [2.05, 4.69) is 0 Å². The first-order chi connectivity index (χ1) is 9.62. The molecular weight excluding hydrogens is 274 g/mol. The normalized spacial score (nSPS) is 20.6. The smallest absolute Gasteiger partial charge is 0.416 e. The average molecular weight is 299 g/mol. The fourth-order valence-electron chi connectivity index (χ4n) is 2.37. The molecule has 2 atom stereocenters. The van der Waals surface area contributed by atoms with Crippen molar-refractivity contribution in [2.45, 2.75) is 59.6 Å². The van der Waals surface area contributed by atoms with Crippen LogP contribution in [0.1, 0.15) is 47.5 Å². The number of ketones is 1. The van der Waals surface area contributed by atoms with E-state index in [1.54, 1.807) is 20.8 Å². The predicted molar refractivity (Wildman–Crippen MR) is 76.5 cm³/mol. The Bertz CT molecular complexity index is 430. The Morgan fingerprint density at radius 3 is 2.48 bits per heavy atom. The summed E-state index contributed by atoms with van der Waals surface area (Å²) in [5.41, 5.74) is -1.01. The van der Waals surface area contributed by atoms with Gasteiger partial charge in [-0.2, -0.15) is 0 Å². The number of aliphatic hydroxyl groups is 1. The largest absolute Gasteiger partial charge is 0.447 e. The number of rotatable bonds is 6. The van der Waals surface area contributed by atoms with Gasteiger partial charge in [0.1, 0.15) is 12.4 Å². The lowest BCUT2D eigenvalue weighted by molar-refractivity contribution is -0.138. The second-order valence-corrected chi connectivity index (χ2v) is 6.37. The van der Waals surface area contributed by atoms with Crippen LogP contribution in [0.4, 0.5) is 4.79 Å². The summed E-state index contributed by atoms with van der Waals surface area (Å²) < 4.78 is 4.91. The van der Waals surface area contributed by atoms with Crippen LogP contribution < -0.4 is 0 Å². The Hall–Kier alpha value is -1.43. The number of cyclic esters (lactones) is 1. The fraction of sp³-hybridized carbons (Fsp3) is 0.800. The first-order valence-electron chi connectivity index (χ1n) is 7.33. The molecule has 120 valence electrons. The standard InChI is InChI=1S/C15H25NO5/c1-6-11(17)15(4,5)12(18)7-13(19)16-10(9(2)3)8-21-14(16)20/h9-10,12,18H,6-8H2,1-5H3/t10-,12-/m0/s1. The van der Waals surface area contributed by atoms with E-state index in [0.29, 0.717) is 6.42 Å². The number of carbonyl (C=O) groups is 3. The third-order valence-electron chi connectivity index (χ3n) is 4.18. The highest BCUT2D eigenvalue weighted by molar-refractivity contribution is 5.94. The van der Waals surface area contributed by atoms with Crippen LogP contribution in [0.25, 0.3) is 0 Å². The van der Waals surface area contributed by atoms with Gasteiger partial charge in [-0.1, -0.05) is 34.6 Å². The summed E-state index contributed by atoms with van der Waals surface area (Å²) >= 11 is 0. The quantitative estimate of drug-likeness (QED) is 0.807. The van der Waals surface area contributed by atoms with Crippen molar-refractivity contribution in [1.29, 1.82) is 0 Å². The zero-order chi connectivity index (χ0) is 16.4. The molecule has 0 aromatic carbocycles. The van der Waals surface area contributed by atoms with E-state index in [1.807, 2.05) is 13.8 Å². The number of aliphatic hydroxyl groups excluding tert-OH is 1. The fourth-order valence-corrected chi connectivity index (χ4v) is 2.37. The molecule has 1 aliphatic rings. The zero-order valence-corrected chi connectivity index (χ0v) is 13.4. The van der Waals surface area contributed by atoms with Crippen molar-refractivity contribution < 1.29 is 24.2 Å². The Morgan fingerprint density at radius 1 is 1.43 bits per heavy atom. The number of hydrogen-bond donors (Lipinski definition) is 1. The van der Waals surface area contributed by atoms with Gasteiger partial charge in [-0.25, -0.2) is 9.69 Å². The molecule has 2 amide bonds. The Balaban J connectivity index is 2.80. The van der Waals surface area contributed by atoms with Gasteiger partial charge in [0.05, 0.1) is 18.6 Å². The molecule has 0 spiro atoms. The lowest BCUT2D eigenvalue weighted by Crippen LogP contribution is -2.46. The summed E-state index contributed by atoms with van der Waals surface area (Å²) in [6.07, 6.45) is -1.78. The monoisotopic (exact) mass is 299 g/mol. The second kappa shape index (κ2) is 6.56. The predicted octanol–water partition coefficient (Wildman–Crippen LogP) is 1.75. The minimum Gasteiger partial charge on any atom is -0.447 e. The Labute approximate surface area is 125 Å². The van der Waals surface area contributed by atoms with Crippen molar-refractivity contribution in [3.8, 4) is 0 Å². The van der Waals surface area contributed by atoms with Crippen molar-refractivity contribution >= 4 is 17.8 Å². The first-order valence-corrected chi connectivity index (χ1v) is 7.33. The third-order valence-corrected chi connectivity index (χ3v) is 4.18. The molecule has 1 saturated heterocycles. The number of hydrogen-bond acceptors (Lipinski definition) is 5. The highest BCUT2D eigenvalue weighted by Gasteiger charge is 2.42. The van der Waals surface area contributed by atoms with E-state index in [9.17, 15) is 19.5 Å². The summed E-state index contributed by atoms with van der Waals surface area (Å²) in [6, 6.07) is -0.317. The first kappa shape index (κ1) is 17.6. The molecule has 0 radical (unpaired) electrons. The second-order valence-electron chi connectivity index (χ2n) is 6.37. The summed E-state index contributed by atoms with van der Waals surface area (Å²) in [7, 11) is 0. The molecule has 0 aromatic heterocycles. The number of imide groups is 1. The number of amides is 2. The number of carbonyl (C=O) groups excluding carboxylic acids is 3. The van der Waals surface area contributed by atoms with Gasteiger partial charge in [0, 0.05) is 11.8 Å². The minimum absolute atomic E-state index is 0.0721. The topological polar surface area (TPSA) is 83.9 Å². The van der Waals surface area contributed by atoms with Crippen molar-refractivity contribution in [2.75, 3.05) is 6.61 Å². The summed E-state index contributed by atoms with van der Waals surface area (Å²) in [5, 5.41) is 10.2. The molecule has 21 heavy (non-hydrogen) atoms. The molecule has 0 unspecified atom stereocenters. The van der Waals surface area contributed by atoms with E-state index in [0.717, 1.165) is 4.90 Å². The van der Waals surface area contributed by atoms with Crippen LogP contribution in [0, 0.1) is 11.3 Å². The molecule has 0 aliphatic carbocycles. The van der Waals surface area contributed by atoms with Crippen LogP contribution in [0.2, 0.25) is 0 Å². The highest BCUT2D eigenvalue weighted by Crippen LogP contribution is 2.28. The van der Waals surface area contributed by atoms with E-state index in [1.165, 1.54) is 0 Å². The van der Waals surface area contributed by atoms with Gasteiger partial charge >= 0.3 is 6.09 Å². The van der Waals surface area contributed by atoms with Crippen molar-refractivity contribution in [3.63, 3.8) is 0 Å². The summed E-state index contributed by atoms with van der Waals surface area (Å²) in [5.74, 6) is -0.546. The zero-order valence-electron chi connectivity index (χ0n) is 13.4. The number of nitrogens with zero attached hydrogens (tertiary/aromatic N) is 1. The molecule has 0 aromatic rings. The number of Topliss-reactive ketones (excluding diaryl/α,β-unsaturated/α-hetero) is 1. The van der Waals surface area contributed by atoms with Gasteiger partial charge in [-0.15, -0.1) is 0 Å². The van der Waals surface area contributed by atoms with E-state index in [-0.39, 0.29) is 30.8 Å². The molecule has 0 bridgehead atoms. The van der Waals surface area contributed by atoms with Crippen LogP contribution in [0.15, 0.2) is 0 Å². The maximum absolute atomic E-state index is 12.3.